The normalized spacial score (nSPS) is 16.1. The minimum Gasteiger partial charge on any atom is -0.495 e. The Bertz CT molecular complexity index is 867. The number of benzene rings is 1. The standard InChI is InChI=1S/C15H12ClN3O5S/c1-23-11-3-2-8(19(21)22)6-9(11)17-15(20)12-7-10(18-24-12)13-4-5-14(16)25-13/h2-6,12H,7H2,1H3,(H,17,20). The molecule has 1 aliphatic rings. The van der Waals surface area contributed by atoms with Gasteiger partial charge in [0.2, 0.25) is 6.10 Å². The van der Waals surface area contributed by atoms with Crippen molar-refractivity contribution in [2.45, 2.75) is 12.5 Å². The molecule has 1 amide bonds. The molecule has 1 aliphatic heterocycles. The van der Waals surface area contributed by atoms with E-state index in [1.807, 2.05) is 0 Å². The summed E-state index contributed by atoms with van der Waals surface area (Å²) in [6.07, 6.45) is -0.556. The van der Waals surface area contributed by atoms with Gasteiger partial charge in [-0.2, -0.15) is 0 Å². The van der Waals surface area contributed by atoms with Crippen molar-refractivity contribution >= 4 is 45.9 Å². The lowest BCUT2D eigenvalue weighted by Gasteiger charge is -2.12. The first-order valence-corrected chi connectivity index (χ1v) is 8.29. The van der Waals surface area contributed by atoms with Crippen molar-refractivity contribution in [3.63, 3.8) is 0 Å². The number of hydrogen-bond acceptors (Lipinski definition) is 7. The quantitative estimate of drug-likeness (QED) is 0.631. The Morgan fingerprint density at radius 3 is 2.92 bits per heavy atom. The highest BCUT2D eigenvalue weighted by atomic mass is 35.5. The Hall–Kier alpha value is -2.65. The van der Waals surface area contributed by atoms with Gasteiger partial charge in [-0.1, -0.05) is 16.8 Å². The Balaban J connectivity index is 1.71. The molecule has 1 unspecified atom stereocenters. The van der Waals surface area contributed by atoms with Crippen LogP contribution in [0.1, 0.15) is 11.3 Å². The van der Waals surface area contributed by atoms with E-state index in [-0.39, 0.29) is 17.8 Å². The third-order valence-electron chi connectivity index (χ3n) is 3.47. The van der Waals surface area contributed by atoms with Crippen LogP contribution < -0.4 is 10.1 Å². The van der Waals surface area contributed by atoms with Crippen LogP contribution in [0.2, 0.25) is 4.34 Å². The predicted molar refractivity (Wildman–Crippen MR) is 93.6 cm³/mol. The molecule has 8 nitrogen and oxygen atoms in total. The molecule has 25 heavy (non-hydrogen) atoms. The fraction of sp³-hybridized carbons (Fsp3) is 0.200. The summed E-state index contributed by atoms with van der Waals surface area (Å²) in [4.78, 5) is 28.7. The molecule has 1 N–H and O–H groups in total. The second-order valence-electron chi connectivity index (χ2n) is 5.07. The van der Waals surface area contributed by atoms with E-state index in [4.69, 9.17) is 21.2 Å². The number of carbonyl (C=O) groups excluding carboxylic acids is 1. The van der Waals surface area contributed by atoms with E-state index in [2.05, 4.69) is 10.5 Å². The van der Waals surface area contributed by atoms with E-state index in [0.29, 0.717) is 15.8 Å². The number of ether oxygens (including phenoxy) is 1. The number of rotatable bonds is 5. The number of hydrogen-bond donors (Lipinski definition) is 1. The number of non-ortho nitro benzene ring substituents is 1. The number of nitrogens with one attached hydrogen (secondary N) is 1. The summed E-state index contributed by atoms with van der Waals surface area (Å²) in [5.41, 5.74) is 0.662. The maximum Gasteiger partial charge on any atom is 0.271 e. The van der Waals surface area contributed by atoms with Crippen molar-refractivity contribution in [2.24, 2.45) is 5.16 Å². The zero-order valence-electron chi connectivity index (χ0n) is 12.9. The van der Waals surface area contributed by atoms with Crippen LogP contribution >= 0.6 is 22.9 Å². The minimum atomic E-state index is -0.833. The number of halogens is 1. The highest BCUT2D eigenvalue weighted by Crippen LogP contribution is 2.30. The molecule has 3 rings (SSSR count). The molecule has 1 aromatic carbocycles. The molecule has 0 bridgehead atoms. The molecule has 0 aliphatic carbocycles. The molecule has 2 heterocycles. The smallest absolute Gasteiger partial charge is 0.271 e. The lowest BCUT2D eigenvalue weighted by Crippen LogP contribution is -2.28. The summed E-state index contributed by atoms with van der Waals surface area (Å²) in [5, 5.41) is 17.4. The van der Waals surface area contributed by atoms with Gasteiger partial charge in [0.1, 0.15) is 11.5 Å². The Morgan fingerprint density at radius 2 is 2.28 bits per heavy atom. The van der Waals surface area contributed by atoms with Crippen molar-refractivity contribution in [3.05, 3.63) is 49.7 Å². The molecular weight excluding hydrogens is 370 g/mol. The van der Waals surface area contributed by atoms with Crippen molar-refractivity contribution < 1.29 is 19.3 Å². The fourth-order valence-electron chi connectivity index (χ4n) is 2.25. The molecule has 0 saturated carbocycles. The van der Waals surface area contributed by atoms with Crippen LogP contribution in [0.3, 0.4) is 0 Å². The zero-order chi connectivity index (χ0) is 18.0. The molecule has 0 saturated heterocycles. The van der Waals surface area contributed by atoms with Crippen LogP contribution in [-0.2, 0) is 9.63 Å². The van der Waals surface area contributed by atoms with Crippen molar-refractivity contribution in [3.8, 4) is 5.75 Å². The zero-order valence-corrected chi connectivity index (χ0v) is 14.5. The summed E-state index contributed by atoms with van der Waals surface area (Å²) >= 11 is 7.24. The molecule has 0 spiro atoms. The van der Waals surface area contributed by atoms with Crippen LogP contribution in [-0.4, -0.2) is 29.8 Å². The van der Waals surface area contributed by atoms with Crippen LogP contribution in [0, 0.1) is 10.1 Å². The molecule has 2 aromatic rings. The number of oxime groups is 1. The largest absolute Gasteiger partial charge is 0.495 e. The highest BCUT2D eigenvalue weighted by Gasteiger charge is 2.30. The first-order valence-electron chi connectivity index (χ1n) is 7.09. The van der Waals surface area contributed by atoms with Gasteiger partial charge in [-0.3, -0.25) is 14.9 Å². The van der Waals surface area contributed by atoms with Gasteiger partial charge in [-0.15, -0.1) is 11.3 Å². The monoisotopic (exact) mass is 381 g/mol. The van der Waals surface area contributed by atoms with E-state index >= 15 is 0 Å². The van der Waals surface area contributed by atoms with Gasteiger partial charge < -0.3 is 14.9 Å². The topological polar surface area (TPSA) is 103 Å². The molecule has 0 fully saturated rings. The van der Waals surface area contributed by atoms with Crippen molar-refractivity contribution in [1.82, 2.24) is 0 Å². The fourth-order valence-corrected chi connectivity index (χ4v) is 3.29. The lowest BCUT2D eigenvalue weighted by molar-refractivity contribution is -0.384. The Morgan fingerprint density at radius 1 is 1.48 bits per heavy atom. The number of methoxy groups -OCH3 is 1. The van der Waals surface area contributed by atoms with Crippen LogP contribution in [0.15, 0.2) is 35.5 Å². The van der Waals surface area contributed by atoms with Gasteiger partial charge in [0.25, 0.3) is 11.6 Å². The molecular formula is C15H12ClN3O5S. The van der Waals surface area contributed by atoms with E-state index in [1.165, 1.54) is 36.6 Å². The summed E-state index contributed by atoms with van der Waals surface area (Å²) in [6, 6.07) is 7.48. The van der Waals surface area contributed by atoms with Gasteiger partial charge in [0.15, 0.2) is 0 Å². The third kappa shape index (κ3) is 3.72. The average Bonchev–Trinajstić information content (AvgIpc) is 3.23. The summed E-state index contributed by atoms with van der Waals surface area (Å²) in [7, 11) is 1.41. The van der Waals surface area contributed by atoms with Crippen molar-refractivity contribution in [2.75, 3.05) is 12.4 Å². The van der Waals surface area contributed by atoms with E-state index in [9.17, 15) is 14.9 Å². The maximum atomic E-state index is 12.4. The van der Waals surface area contributed by atoms with Gasteiger partial charge in [0.05, 0.1) is 26.9 Å². The second-order valence-corrected chi connectivity index (χ2v) is 6.79. The number of thiophene rings is 1. The van der Waals surface area contributed by atoms with Gasteiger partial charge in [-0.25, -0.2) is 0 Å². The Kier molecular flexibility index (Phi) is 4.86. The molecule has 10 heteroatoms. The average molecular weight is 382 g/mol. The lowest BCUT2D eigenvalue weighted by atomic mass is 10.1. The number of anilines is 1. The van der Waals surface area contributed by atoms with Crippen molar-refractivity contribution in [1.29, 1.82) is 0 Å². The summed E-state index contributed by atoms with van der Waals surface area (Å²) in [5.74, 6) is -0.164. The molecule has 130 valence electrons. The van der Waals surface area contributed by atoms with E-state index in [0.717, 1.165) is 4.88 Å². The number of carbonyl (C=O) groups is 1. The van der Waals surface area contributed by atoms with E-state index in [1.54, 1.807) is 12.1 Å². The SMILES string of the molecule is COc1ccc([N+](=O)[O-])cc1NC(=O)C1CC(c2ccc(Cl)s2)=NO1. The minimum absolute atomic E-state index is 0.159. The van der Waals surface area contributed by atoms with Crippen LogP contribution in [0.25, 0.3) is 0 Å². The first kappa shape index (κ1) is 17.2. The summed E-state index contributed by atoms with van der Waals surface area (Å²) < 4.78 is 5.73. The van der Waals surface area contributed by atoms with Gasteiger partial charge in [-0.05, 0) is 18.2 Å². The predicted octanol–water partition coefficient (Wildman–Crippen LogP) is 3.45. The number of nitro groups is 1. The number of nitrogens with zero attached hydrogens (tertiary/aromatic N) is 2. The summed E-state index contributed by atoms with van der Waals surface area (Å²) in [6.45, 7) is 0. The molecule has 0 radical (unpaired) electrons. The third-order valence-corrected chi connectivity index (χ3v) is 4.75. The van der Waals surface area contributed by atoms with Crippen LogP contribution in [0.5, 0.6) is 5.75 Å². The highest BCUT2D eigenvalue weighted by molar-refractivity contribution is 7.18. The Labute approximate surface area is 151 Å². The van der Waals surface area contributed by atoms with E-state index < -0.39 is 16.9 Å². The first-order chi connectivity index (χ1) is 12.0. The maximum absolute atomic E-state index is 12.4. The van der Waals surface area contributed by atoms with Crippen LogP contribution in [0.4, 0.5) is 11.4 Å². The van der Waals surface area contributed by atoms with Gasteiger partial charge >= 0.3 is 0 Å². The molecule has 1 aromatic heterocycles. The van der Waals surface area contributed by atoms with Gasteiger partial charge in [0, 0.05) is 18.6 Å². The number of nitro benzene ring substituents is 1. The number of amides is 1. The second kappa shape index (κ2) is 7.08. The molecule has 1 atom stereocenters.